The molecule has 0 saturated heterocycles. The van der Waals surface area contributed by atoms with Gasteiger partial charge in [-0.3, -0.25) is 9.48 Å². The van der Waals surface area contributed by atoms with Gasteiger partial charge in [-0.1, -0.05) is 55.7 Å². The summed E-state index contributed by atoms with van der Waals surface area (Å²) in [6.45, 7) is 11.1. The van der Waals surface area contributed by atoms with E-state index in [1.54, 1.807) is 0 Å². The maximum atomic E-state index is 13.1. The van der Waals surface area contributed by atoms with Gasteiger partial charge in [-0.05, 0) is 49.7 Å². The summed E-state index contributed by atoms with van der Waals surface area (Å²) in [6.07, 6.45) is 2.69. The van der Waals surface area contributed by atoms with Crippen LogP contribution in [0.5, 0.6) is 0 Å². The van der Waals surface area contributed by atoms with Gasteiger partial charge in [0.15, 0.2) is 5.69 Å². The molecule has 1 aliphatic carbocycles. The number of rotatable bonds is 4. The zero-order chi connectivity index (χ0) is 22.3. The number of hydrogen-bond donors (Lipinski definition) is 1. The van der Waals surface area contributed by atoms with Crippen molar-refractivity contribution in [1.82, 2.24) is 14.9 Å². The van der Waals surface area contributed by atoms with Crippen LogP contribution < -0.4 is 5.32 Å². The fourth-order valence-corrected chi connectivity index (χ4v) is 4.51. The van der Waals surface area contributed by atoms with E-state index >= 15 is 0 Å². The molecule has 4 rings (SSSR count). The molecule has 1 N–H and O–H groups in total. The van der Waals surface area contributed by atoms with Crippen molar-refractivity contribution < 1.29 is 9.32 Å². The maximum absolute atomic E-state index is 13.1. The summed E-state index contributed by atoms with van der Waals surface area (Å²) in [4.78, 5) is 13.1. The van der Waals surface area contributed by atoms with Crippen LogP contribution in [0.1, 0.15) is 66.0 Å². The maximum Gasteiger partial charge on any atom is 0.278 e. The van der Waals surface area contributed by atoms with Gasteiger partial charge in [-0.2, -0.15) is 5.10 Å². The Hall–Kier alpha value is -2.60. The van der Waals surface area contributed by atoms with Crippen molar-refractivity contribution in [2.45, 2.75) is 60.4 Å². The molecular weight excluding hydrogens is 412 g/mol. The summed E-state index contributed by atoms with van der Waals surface area (Å²) < 4.78 is 7.38. The summed E-state index contributed by atoms with van der Waals surface area (Å²) in [5, 5.41) is 12.5. The van der Waals surface area contributed by atoms with E-state index in [0.717, 1.165) is 47.5 Å². The topological polar surface area (TPSA) is 73.0 Å². The Balaban J connectivity index is 1.56. The number of anilines is 1. The first-order valence-electron chi connectivity index (χ1n) is 10.7. The Bertz CT molecular complexity index is 1120. The largest absolute Gasteiger partial charge is 0.360 e. The number of amides is 1. The molecule has 0 bridgehead atoms. The highest BCUT2D eigenvalue weighted by Crippen LogP contribution is 2.38. The van der Waals surface area contributed by atoms with Crippen LogP contribution in [-0.4, -0.2) is 20.8 Å². The van der Waals surface area contributed by atoms with Crippen molar-refractivity contribution in [3.8, 4) is 0 Å². The van der Waals surface area contributed by atoms with Gasteiger partial charge in [-0.15, -0.1) is 0 Å². The first-order valence-corrected chi connectivity index (χ1v) is 11.1. The Morgan fingerprint density at radius 1 is 1.29 bits per heavy atom. The van der Waals surface area contributed by atoms with E-state index in [9.17, 15) is 4.79 Å². The van der Waals surface area contributed by atoms with Crippen molar-refractivity contribution in [2.24, 2.45) is 11.3 Å². The predicted molar refractivity (Wildman–Crippen MR) is 122 cm³/mol. The zero-order valence-electron chi connectivity index (χ0n) is 18.8. The van der Waals surface area contributed by atoms with Crippen LogP contribution in [0.2, 0.25) is 5.02 Å². The molecule has 0 aliphatic heterocycles. The number of carbonyl (C=O) groups is 1. The standard InChI is InChI=1S/C24H29ClN4O2/c1-14-21(15(2)29(27-14)13-16-8-6-7-9-19(16)25)26-23(30)22-18-12-17(24(3,4)5)10-11-20(18)31-28-22/h6-9,17H,10-13H2,1-5H3,(H,26,30)/t17-/m1/s1. The van der Waals surface area contributed by atoms with Gasteiger partial charge >= 0.3 is 0 Å². The minimum Gasteiger partial charge on any atom is -0.360 e. The lowest BCUT2D eigenvalue weighted by atomic mass is 9.71. The van der Waals surface area contributed by atoms with Gasteiger partial charge in [0.05, 0.1) is 23.6 Å². The highest BCUT2D eigenvalue weighted by atomic mass is 35.5. The van der Waals surface area contributed by atoms with Crippen molar-refractivity contribution in [2.75, 3.05) is 5.32 Å². The van der Waals surface area contributed by atoms with Crippen molar-refractivity contribution >= 4 is 23.2 Å². The first kappa shape index (κ1) is 21.6. The van der Waals surface area contributed by atoms with E-state index < -0.39 is 0 Å². The second-order valence-corrected chi connectivity index (χ2v) is 9.89. The number of aryl methyl sites for hydroxylation is 2. The molecule has 3 aromatic rings. The Labute approximate surface area is 188 Å². The molecule has 6 nitrogen and oxygen atoms in total. The SMILES string of the molecule is Cc1nn(Cc2ccccc2Cl)c(C)c1NC(=O)c1noc2c1C[C@H](C(C)(C)C)CC2. The van der Waals surface area contributed by atoms with E-state index in [-0.39, 0.29) is 11.3 Å². The van der Waals surface area contributed by atoms with Crippen molar-refractivity contribution in [1.29, 1.82) is 0 Å². The zero-order valence-corrected chi connectivity index (χ0v) is 19.5. The lowest BCUT2D eigenvalue weighted by Gasteiger charge is -2.33. The normalized spacial score (nSPS) is 16.3. The number of carbonyl (C=O) groups excluding carboxylic acids is 1. The summed E-state index contributed by atoms with van der Waals surface area (Å²) in [5.74, 6) is 1.09. The highest BCUT2D eigenvalue weighted by Gasteiger charge is 2.34. The van der Waals surface area contributed by atoms with Crippen LogP contribution >= 0.6 is 11.6 Å². The average molecular weight is 441 g/mol. The van der Waals surface area contributed by atoms with Crippen LogP contribution in [0.3, 0.4) is 0 Å². The van der Waals surface area contributed by atoms with Gasteiger partial charge in [0.25, 0.3) is 5.91 Å². The lowest BCUT2D eigenvalue weighted by molar-refractivity contribution is 0.101. The lowest BCUT2D eigenvalue weighted by Crippen LogP contribution is -2.27. The van der Waals surface area contributed by atoms with Crippen molar-refractivity contribution in [3.63, 3.8) is 0 Å². The fraction of sp³-hybridized carbons (Fsp3) is 0.458. The number of halogens is 1. The van der Waals surface area contributed by atoms with Gasteiger partial charge in [0, 0.05) is 17.0 Å². The van der Waals surface area contributed by atoms with E-state index in [1.807, 2.05) is 42.8 Å². The van der Waals surface area contributed by atoms with Crippen LogP contribution in [0.4, 0.5) is 5.69 Å². The molecule has 1 aliphatic rings. The molecule has 1 amide bonds. The first-order chi connectivity index (χ1) is 14.6. The monoisotopic (exact) mass is 440 g/mol. The smallest absolute Gasteiger partial charge is 0.278 e. The molecule has 2 aromatic heterocycles. The predicted octanol–water partition coefficient (Wildman–Crippen LogP) is 5.59. The molecule has 1 atom stereocenters. The Morgan fingerprint density at radius 3 is 2.74 bits per heavy atom. The third-order valence-electron chi connectivity index (χ3n) is 6.38. The highest BCUT2D eigenvalue weighted by molar-refractivity contribution is 6.31. The number of aromatic nitrogens is 3. The summed E-state index contributed by atoms with van der Waals surface area (Å²) in [6, 6.07) is 7.70. The third kappa shape index (κ3) is 4.26. The minimum absolute atomic E-state index is 0.176. The number of benzene rings is 1. The van der Waals surface area contributed by atoms with Gasteiger partial charge in [-0.25, -0.2) is 0 Å². The molecule has 7 heteroatoms. The number of hydrogen-bond acceptors (Lipinski definition) is 4. The summed E-state index contributed by atoms with van der Waals surface area (Å²) in [5.41, 5.74) is 4.82. The van der Waals surface area contributed by atoms with Crippen LogP contribution in [0.25, 0.3) is 0 Å². The molecule has 0 radical (unpaired) electrons. The van der Waals surface area contributed by atoms with Crippen molar-refractivity contribution in [3.05, 3.63) is 63.3 Å². The molecular formula is C24H29ClN4O2. The molecule has 164 valence electrons. The second kappa shape index (κ2) is 8.15. The molecule has 0 fully saturated rings. The molecule has 31 heavy (non-hydrogen) atoms. The molecule has 0 unspecified atom stereocenters. The number of nitrogens with one attached hydrogen (secondary N) is 1. The average Bonchev–Trinajstić information content (AvgIpc) is 3.25. The van der Waals surface area contributed by atoms with Crippen LogP contribution in [0.15, 0.2) is 28.8 Å². The minimum atomic E-state index is -0.247. The quantitative estimate of drug-likeness (QED) is 0.573. The molecule has 2 heterocycles. The Kier molecular flexibility index (Phi) is 5.69. The van der Waals surface area contributed by atoms with E-state index in [1.165, 1.54) is 0 Å². The van der Waals surface area contributed by atoms with Gasteiger partial charge < -0.3 is 9.84 Å². The summed E-state index contributed by atoms with van der Waals surface area (Å²) >= 11 is 6.31. The fourth-order valence-electron chi connectivity index (χ4n) is 4.31. The third-order valence-corrected chi connectivity index (χ3v) is 6.75. The van der Waals surface area contributed by atoms with Crippen LogP contribution in [0, 0.1) is 25.2 Å². The van der Waals surface area contributed by atoms with Gasteiger partial charge in [0.2, 0.25) is 0 Å². The van der Waals surface area contributed by atoms with E-state index in [2.05, 4.69) is 36.3 Å². The second-order valence-electron chi connectivity index (χ2n) is 9.49. The van der Waals surface area contributed by atoms with E-state index in [0.29, 0.717) is 28.9 Å². The van der Waals surface area contributed by atoms with Crippen LogP contribution in [-0.2, 0) is 19.4 Å². The number of nitrogens with zero attached hydrogens (tertiary/aromatic N) is 3. The van der Waals surface area contributed by atoms with Gasteiger partial charge in [0.1, 0.15) is 5.76 Å². The number of fused-ring (bicyclic) bond motifs is 1. The molecule has 1 aromatic carbocycles. The molecule has 0 saturated carbocycles. The Morgan fingerprint density at radius 2 is 2.03 bits per heavy atom. The summed E-state index contributed by atoms with van der Waals surface area (Å²) in [7, 11) is 0. The molecule has 0 spiro atoms. The van der Waals surface area contributed by atoms with E-state index in [4.69, 9.17) is 16.1 Å².